The minimum absolute atomic E-state index is 0.111. The van der Waals surface area contributed by atoms with Gasteiger partial charge >= 0.3 is 0 Å². The summed E-state index contributed by atoms with van der Waals surface area (Å²) >= 11 is 7.57. The zero-order valence-electron chi connectivity index (χ0n) is 15.9. The van der Waals surface area contributed by atoms with Crippen molar-refractivity contribution in [3.8, 4) is 0 Å². The first-order valence-corrected chi connectivity index (χ1v) is 10.2. The quantitative estimate of drug-likeness (QED) is 0.430. The number of anilines is 2. The number of nitrogens with zero attached hydrogens (tertiary/aromatic N) is 2. The summed E-state index contributed by atoms with van der Waals surface area (Å²) in [5.41, 5.74) is 3.65. The molecule has 2 amide bonds. The van der Waals surface area contributed by atoms with Gasteiger partial charge in [-0.15, -0.1) is 0 Å². The average Bonchev–Trinajstić information content (AvgIpc) is 2.68. The van der Waals surface area contributed by atoms with E-state index in [2.05, 4.69) is 26.7 Å². The van der Waals surface area contributed by atoms with E-state index < -0.39 is 5.91 Å². The van der Waals surface area contributed by atoms with Crippen LogP contribution in [-0.4, -0.2) is 21.8 Å². The van der Waals surface area contributed by atoms with Gasteiger partial charge in [-0.1, -0.05) is 53.2 Å². The Hall–Kier alpha value is -2.90. The van der Waals surface area contributed by atoms with Crippen molar-refractivity contribution in [2.45, 2.75) is 24.8 Å². The Bertz CT molecular complexity index is 1040. The second-order valence-electron chi connectivity index (χ2n) is 6.34. The molecule has 0 aliphatic rings. The summed E-state index contributed by atoms with van der Waals surface area (Å²) in [6, 6.07) is 14.9. The number of hydrogen-bond acceptors (Lipinski definition) is 5. The summed E-state index contributed by atoms with van der Waals surface area (Å²) in [5, 5.41) is 6.07. The van der Waals surface area contributed by atoms with Crippen molar-refractivity contribution in [2.75, 3.05) is 10.6 Å². The fourth-order valence-electron chi connectivity index (χ4n) is 2.56. The molecule has 2 N–H and O–H groups in total. The molecule has 0 fully saturated rings. The lowest BCUT2D eigenvalue weighted by Crippen LogP contribution is -2.15. The van der Waals surface area contributed by atoms with Crippen LogP contribution in [0.1, 0.15) is 28.5 Å². The third kappa shape index (κ3) is 6.04. The highest BCUT2D eigenvalue weighted by Gasteiger charge is 2.15. The molecular weight excluding hydrogens is 408 g/mol. The number of benzene rings is 2. The lowest BCUT2D eigenvalue weighted by molar-refractivity contribution is -0.114. The van der Waals surface area contributed by atoms with E-state index in [4.69, 9.17) is 11.6 Å². The Morgan fingerprint density at radius 3 is 2.41 bits per heavy atom. The van der Waals surface area contributed by atoms with Crippen molar-refractivity contribution in [3.63, 3.8) is 0 Å². The molecule has 0 aliphatic heterocycles. The van der Waals surface area contributed by atoms with Crippen molar-refractivity contribution >= 4 is 46.6 Å². The zero-order chi connectivity index (χ0) is 20.8. The summed E-state index contributed by atoms with van der Waals surface area (Å²) < 4.78 is 0. The molecule has 0 saturated carbocycles. The fraction of sp³-hybridized carbons (Fsp3) is 0.143. The molecule has 1 aromatic heterocycles. The van der Waals surface area contributed by atoms with Crippen molar-refractivity contribution in [1.29, 1.82) is 0 Å². The second kappa shape index (κ2) is 9.54. The van der Waals surface area contributed by atoms with E-state index in [1.807, 2.05) is 25.1 Å². The van der Waals surface area contributed by atoms with E-state index >= 15 is 0 Å². The van der Waals surface area contributed by atoms with E-state index in [-0.39, 0.29) is 16.6 Å². The topological polar surface area (TPSA) is 84.0 Å². The van der Waals surface area contributed by atoms with Crippen LogP contribution in [0.2, 0.25) is 5.02 Å². The van der Waals surface area contributed by atoms with Crippen LogP contribution in [0, 0.1) is 6.92 Å². The summed E-state index contributed by atoms with van der Waals surface area (Å²) in [5.74, 6) is 0.0990. The van der Waals surface area contributed by atoms with E-state index in [0.29, 0.717) is 22.3 Å². The monoisotopic (exact) mass is 426 g/mol. The number of carbonyl (C=O) groups excluding carboxylic acids is 2. The summed E-state index contributed by atoms with van der Waals surface area (Å²) in [6.45, 7) is 3.47. The van der Waals surface area contributed by atoms with Crippen LogP contribution in [0.4, 0.5) is 11.4 Å². The number of thioether (sulfide) groups is 1. The Kier molecular flexibility index (Phi) is 6.85. The van der Waals surface area contributed by atoms with Gasteiger partial charge in [0.25, 0.3) is 5.91 Å². The van der Waals surface area contributed by atoms with E-state index in [0.717, 1.165) is 5.56 Å². The normalized spacial score (nSPS) is 10.4. The molecule has 0 spiro atoms. The Morgan fingerprint density at radius 2 is 1.76 bits per heavy atom. The highest BCUT2D eigenvalue weighted by Crippen LogP contribution is 2.23. The molecule has 0 aliphatic carbocycles. The van der Waals surface area contributed by atoms with Crippen LogP contribution in [0.5, 0.6) is 0 Å². The number of aryl methyl sites for hydroxylation is 1. The maximum atomic E-state index is 12.6. The number of carbonyl (C=O) groups is 2. The van der Waals surface area contributed by atoms with Crippen molar-refractivity contribution < 1.29 is 9.59 Å². The molecular formula is C21H19ClN4O2S. The van der Waals surface area contributed by atoms with Crippen LogP contribution in [0.25, 0.3) is 0 Å². The van der Waals surface area contributed by atoms with E-state index in [1.54, 1.807) is 24.3 Å². The van der Waals surface area contributed by atoms with Gasteiger partial charge in [-0.3, -0.25) is 9.59 Å². The van der Waals surface area contributed by atoms with Gasteiger partial charge in [-0.25, -0.2) is 9.97 Å². The SMILES string of the molecule is CC(=O)Nc1ccc(NC(=O)c2nc(SCc3cccc(C)c3)ncc2Cl)cc1. The van der Waals surface area contributed by atoms with E-state index in [9.17, 15) is 9.59 Å². The van der Waals surface area contributed by atoms with Gasteiger partial charge in [0.15, 0.2) is 10.9 Å². The minimum Gasteiger partial charge on any atom is -0.326 e. The molecule has 0 radical (unpaired) electrons. The summed E-state index contributed by atoms with van der Waals surface area (Å²) in [6.07, 6.45) is 1.43. The van der Waals surface area contributed by atoms with Crippen molar-refractivity contribution in [1.82, 2.24) is 9.97 Å². The van der Waals surface area contributed by atoms with Crippen molar-refractivity contribution in [3.05, 3.63) is 76.6 Å². The number of aromatic nitrogens is 2. The van der Waals surface area contributed by atoms with Gasteiger partial charge in [0, 0.05) is 24.1 Å². The highest BCUT2D eigenvalue weighted by atomic mass is 35.5. The first kappa shape index (κ1) is 20.8. The molecule has 0 saturated heterocycles. The second-order valence-corrected chi connectivity index (χ2v) is 7.69. The van der Waals surface area contributed by atoms with Crippen LogP contribution in [-0.2, 0) is 10.5 Å². The zero-order valence-corrected chi connectivity index (χ0v) is 17.5. The van der Waals surface area contributed by atoms with Crippen LogP contribution in [0.3, 0.4) is 0 Å². The molecule has 6 nitrogen and oxygen atoms in total. The minimum atomic E-state index is -0.429. The Labute approximate surface area is 178 Å². The molecule has 0 unspecified atom stereocenters. The van der Waals surface area contributed by atoms with Gasteiger partial charge in [-0.2, -0.15) is 0 Å². The van der Waals surface area contributed by atoms with E-state index in [1.165, 1.54) is 30.4 Å². The average molecular weight is 427 g/mol. The van der Waals surface area contributed by atoms with Crippen LogP contribution < -0.4 is 10.6 Å². The van der Waals surface area contributed by atoms with Gasteiger partial charge in [-0.05, 0) is 36.8 Å². The number of halogens is 1. The molecule has 0 bridgehead atoms. The third-order valence-electron chi connectivity index (χ3n) is 3.85. The Morgan fingerprint density at radius 1 is 1.07 bits per heavy atom. The Balaban J connectivity index is 1.68. The predicted octanol–water partition coefficient (Wildman–Crippen LogP) is 4.94. The smallest absolute Gasteiger partial charge is 0.275 e. The van der Waals surface area contributed by atoms with Crippen molar-refractivity contribution in [2.24, 2.45) is 0 Å². The van der Waals surface area contributed by atoms with Gasteiger partial charge < -0.3 is 10.6 Å². The van der Waals surface area contributed by atoms with Crippen LogP contribution in [0.15, 0.2) is 59.9 Å². The maximum absolute atomic E-state index is 12.6. The fourth-order valence-corrected chi connectivity index (χ4v) is 3.50. The standard InChI is InChI=1S/C21H19ClN4O2S/c1-13-4-3-5-15(10-13)12-29-21-23-11-18(22)19(26-21)20(28)25-17-8-6-16(7-9-17)24-14(2)27/h3-11H,12H2,1-2H3,(H,24,27)(H,25,28). The summed E-state index contributed by atoms with van der Waals surface area (Å²) in [4.78, 5) is 32.2. The largest absolute Gasteiger partial charge is 0.326 e. The lowest BCUT2D eigenvalue weighted by atomic mass is 10.2. The number of hydrogen-bond donors (Lipinski definition) is 2. The lowest BCUT2D eigenvalue weighted by Gasteiger charge is -2.09. The number of amides is 2. The predicted molar refractivity (Wildman–Crippen MR) is 116 cm³/mol. The molecule has 8 heteroatoms. The maximum Gasteiger partial charge on any atom is 0.275 e. The first-order chi connectivity index (χ1) is 13.9. The molecule has 29 heavy (non-hydrogen) atoms. The van der Waals surface area contributed by atoms with Gasteiger partial charge in [0.1, 0.15) is 0 Å². The molecule has 3 aromatic rings. The molecule has 2 aromatic carbocycles. The third-order valence-corrected chi connectivity index (χ3v) is 5.06. The molecule has 3 rings (SSSR count). The van der Waals surface area contributed by atoms with Crippen LogP contribution >= 0.6 is 23.4 Å². The molecule has 0 atom stereocenters. The number of nitrogens with one attached hydrogen (secondary N) is 2. The molecule has 148 valence electrons. The first-order valence-electron chi connectivity index (χ1n) is 8.80. The van der Waals surface area contributed by atoms with Gasteiger partial charge in [0.2, 0.25) is 5.91 Å². The summed E-state index contributed by atoms with van der Waals surface area (Å²) in [7, 11) is 0. The highest BCUT2D eigenvalue weighted by molar-refractivity contribution is 7.98. The number of rotatable bonds is 6. The van der Waals surface area contributed by atoms with Gasteiger partial charge in [0.05, 0.1) is 11.2 Å². The molecule has 1 heterocycles.